The van der Waals surface area contributed by atoms with Crippen LogP contribution in [0, 0.1) is 0 Å². The zero-order chi connectivity index (χ0) is 12.3. The van der Waals surface area contributed by atoms with Crippen LogP contribution >= 0.6 is 15.9 Å². The highest BCUT2D eigenvalue weighted by Gasteiger charge is 2.24. The summed E-state index contributed by atoms with van der Waals surface area (Å²) in [5, 5.41) is 4.36. The summed E-state index contributed by atoms with van der Waals surface area (Å²) >= 11 is 3.35. The van der Waals surface area contributed by atoms with Crippen molar-refractivity contribution in [3.8, 4) is 0 Å². The van der Waals surface area contributed by atoms with E-state index >= 15 is 0 Å². The molecule has 0 N–H and O–H groups in total. The Hall–Kier alpha value is -0.390. The quantitative estimate of drug-likeness (QED) is 0.858. The molecule has 1 aromatic heterocycles. The first-order chi connectivity index (χ1) is 8.08. The first kappa shape index (κ1) is 13.1. The van der Waals surface area contributed by atoms with Gasteiger partial charge in [0.25, 0.3) is 0 Å². The number of rotatable bonds is 4. The van der Waals surface area contributed by atoms with Crippen LogP contribution in [0.4, 0.5) is 0 Å². The molecule has 0 saturated carbocycles. The van der Waals surface area contributed by atoms with Crippen LogP contribution in [0.1, 0.15) is 33.1 Å². The first-order valence-corrected chi connectivity index (χ1v) is 6.82. The minimum atomic E-state index is -0.160. The van der Waals surface area contributed by atoms with Crippen molar-refractivity contribution in [2.24, 2.45) is 0 Å². The Morgan fingerprint density at radius 2 is 2.41 bits per heavy atom. The Morgan fingerprint density at radius 3 is 3.00 bits per heavy atom. The number of halogens is 1. The normalized spacial score (nSPS) is 21.7. The number of hydrogen-bond donors (Lipinski definition) is 0. The van der Waals surface area contributed by atoms with E-state index in [2.05, 4.69) is 34.9 Å². The number of hydrogen-bond acceptors (Lipinski definition) is 3. The van der Waals surface area contributed by atoms with E-state index in [-0.39, 0.29) is 11.8 Å². The SMILES string of the molecule is CC(C)(COC1CCCCO1)n1ccc(Br)n1. The van der Waals surface area contributed by atoms with Gasteiger partial charge in [0.2, 0.25) is 0 Å². The van der Waals surface area contributed by atoms with Gasteiger partial charge in [-0.25, -0.2) is 0 Å². The lowest BCUT2D eigenvalue weighted by Crippen LogP contribution is -2.35. The van der Waals surface area contributed by atoms with Crippen LogP contribution in [0.2, 0.25) is 0 Å². The van der Waals surface area contributed by atoms with Gasteiger partial charge in [-0.3, -0.25) is 4.68 Å². The molecule has 0 aliphatic carbocycles. The number of aromatic nitrogens is 2. The average molecular weight is 303 g/mol. The minimum Gasteiger partial charge on any atom is -0.353 e. The Bertz CT molecular complexity index is 359. The molecule has 4 nitrogen and oxygen atoms in total. The summed E-state index contributed by atoms with van der Waals surface area (Å²) in [6.45, 7) is 5.63. The summed E-state index contributed by atoms with van der Waals surface area (Å²) in [5.74, 6) is 0. The van der Waals surface area contributed by atoms with E-state index in [1.165, 1.54) is 6.42 Å². The predicted molar refractivity (Wildman–Crippen MR) is 68.8 cm³/mol. The van der Waals surface area contributed by atoms with Crippen molar-refractivity contribution < 1.29 is 9.47 Å². The lowest BCUT2D eigenvalue weighted by atomic mass is 10.1. The van der Waals surface area contributed by atoms with Gasteiger partial charge in [-0.05, 0) is 55.1 Å². The summed E-state index contributed by atoms with van der Waals surface area (Å²) in [5.41, 5.74) is -0.160. The number of nitrogens with zero attached hydrogens (tertiary/aromatic N) is 2. The van der Waals surface area contributed by atoms with Crippen molar-refractivity contribution in [2.45, 2.75) is 44.9 Å². The minimum absolute atomic E-state index is 0.0398. The second-order valence-corrected chi connectivity index (χ2v) is 5.82. The molecular formula is C12H19BrN2O2. The van der Waals surface area contributed by atoms with E-state index in [1.807, 2.05) is 16.9 Å². The Balaban J connectivity index is 1.88. The maximum atomic E-state index is 5.81. The molecule has 1 saturated heterocycles. The number of ether oxygens (including phenoxy) is 2. The van der Waals surface area contributed by atoms with Gasteiger partial charge in [-0.1, -0.05) is 0 Å². The van der Waals surface area contributed by atoms with Gasteiger partial charge in [0, 0.05) is 12.8 Å². The van der Waals surface area contributed by atoms with E-state index in [9.17, 15) is 0 Å². The molecule has 96 valence electrons. The second kappa shape index (κ2) is 5.50. The van der Waals surface area contributed by atoms with E-state index in [1.54, 1.807) is 0 Å². The third-order valence-corrected chi connectivity index (χ3v) is 3.36. The van der Waals surface area contributed by atoms with Crippen molar-refractivity contribution in [3.63, 3.8) is 0 Å². The van der Waals surface area contributed by atoms with Crippen molar-refractivity contribution in [2.75, 3.05) is 13.2 Å². The monoisotopic (exact) mass is 302 g/mol. The fraction of sp³-hybridized carbons (Fsp3) is 0.750. The summed E-state index contributed by atoms with van der Waals surface area (Å²) in [7, 11) is 0. The van der Waals surface area contributed by atoms with E-state index in [0.29, 0.717) is 6.61 Å². The van der Waals surface area contributed by atoms with Crippen LogP contribution in [0.3, 0.4) is 0 Å². The fourth-order valence-corrected chi connectivity index (χ4v) is 2.13. The summed E-state index contributed by atoms with van der Waals surface area (Å²) in [4.78, 5) is 0. The molecule has 2 rings (SSSR count). The zero-order valence-corrected chi connectivity index (χ0v) is 11.9. The van der Waals surface area contributed by atoms with Crippen LogP contribution < -0.4 is 0 Å². The molecule has 0 aromatic carbocycles. The third-order valence-electron chi connectivity index (χ3n) is 2.94. The fourth-order valence-electron chi connectivity index (χ4n) is 1.84. The van der Waals surface area contributed by atoms with Crippen LogP contribution in [0.15, 0.2) is 16.9 Å². The Labute approximate surface area is 110 Å². The maximum Gasteiger partial charge on any atom is 0.157 e. The largest absolute Gasteiger partial charge is 0.353 e. The summed E-state index contributed by atoms with van der Waals surface area (Å²) < 4.78 is 14.1. The lowest BCUT2D eigenvalue weighted by Gasteiger charge is -2.29. The second-order valence-electron chi connectivity index (χ2n) is 5.00. The smallest absolute Gasteiger partial charge is 0.157 e. The topological polar surface area (TPSA) is 36.3 Å². The van der Waals surface area contributed by atoms with Gasteiger partial charge < -0.3 is 9.47 Å². The average Bonchev–Trinajstić information content (AvgIpc) is 2.76. The van der Waals surface area contributed by atoms with E-state index < -0.39 is 0 Å². The van der Waals surface area contributed by atoms with Gasteiger partial charge in [0.05, 0.1) is 12.1 Å². The Kier molecular flexibility index (Phi) is 4.22. The van der Waals surface area contributed by atoms with E-state index in [0.717, 1.165) is 24.1 Å². The van der Waals surface area contributed by atoms with Crippen molar-refractivity contribution in [1.82, 2.24) is 9.78 Å². The van der Waals surface area contributed by atoms with Crippen molar-refractivity contribution >= 4 is 15.9 Å². The van der Waals surface area contributed by atoms with Crippen molar-refractivity contribution in [3.05, 3.63) is 16.9 Å². The highest BCUT2D eigenvalue weighted by molar-refractivity contribution is 9.10. The van der Waals surface area contributed by atoms with Gasteiger partial charge in [0.15, 0.2) is 6.29 Å². The van der Waals surface area contributed by atoms with Gasteiger partial charge in [-0.2, -0.15) is 5.10 Å². The van der Waals surface area contributed by atoms with Gasteiger partial charge in [-0.15, -0.1) is 0 Å². The molecule has 2 heterocycles. The molecule has 17 heavy (non-hydrogen) atoms. The first-order valence-electron chi connectivity index (χ1n) is 6.03. The molecule has 1 aliphatic rings. The summed E-state index contributed by atoms with van der Waals surface area (Å²) in [6, 6.07) is 1.93. The highest BCUT2D eigenvalue weighted by Crippen LogP contribution is 2.20. The zero-order valence-electron chi connectivity index (χ0n) is 10.4. The van der Waals surface area contributed by atoms with Crippen LogP contribution in [-0.2, 0) is 15.0 Å². The molecule has 0 radical (unpaired) electrons. The molecule has 1 atom stereocenters. The summed E-state index contributed by atoms with van der Waals surface area (Å²) in [6.07, 6.45) is 5.25. The van der Waals surface area contributed by atoms with Gasteiger partial charge in [0.1, 0.15) is 4.60 Å². The lowest BCUT2D eigenvalue weighted by molar-refractivity contribution is -0.175. The van der Waals surface area contributed by atoms with Crippen LogP contribution in [0.25, 0.3) is 0 Å². The molecule has 0 spiro atoms. The van der Waals surface area contributed by atoms with Crippen LogP contribution in [-0.4, -0.2) is 29.3 Å². The molecule has 0 amide bonds. The molecule has 1 unspecified atom stereocenters. The van der Waals surface area contributed by atoms with Crippen LogP contribution in [0.5, 0.6) is 0 Å². The molecule has 0 bridgehead atoms. The predicted octanol–water partition coefficient (Wildman–Crippen LogP) is 2.92. The Morgan fingerprint density at radius 1 is 1.59 bits per heavy atom. The molecule has 5 heteroatoms. The molecule has 1 aromatic rings. The standard InChI is InChI=1S/C12H19BrN2O2/c1-12(2,15-7-6-10(13)14-15)9-17-11-5-3-4-8-16-11/h6-7,11H,3-5,8-9H2,1-2H3. The van der Waals surface area contributed by atoms with Crippen molar-refractivity contribution in [1.29, 1.82) is 0 Å². The van der Waals surface area contributed by atoms with Gasteiger partial charge >= 0.3 is 0 Å². The maximum absolute atomic E-state index is 5.81. The molecule has 1 fully saturated rings. The third kappa shape index (κ3) is 3.53. The molecular weight excluding hydrogens is 284 g/mol. The molecule has 1 aliphatic heterocycles. The van der Waals surface area contributed by atoms with E-state index in [4.69, 9.17) is 9.47 Å². The highest BCUT2D eigenvalue weighted by atomic mass is 79.9.